The van der Waals surface area contributed by atoms with Gasteiger partial charge in [-0.2, -0.15) is 10.1 Å². The van der Waals surface area contributed by atoms with Crippen LogP contribution in [0.2, 0.25) is 10.0 Å². The first-order chi connectivity index (χ1) is 15.8. The van der Waals surface area contributed by atoms with E-state index in [0.717, 1.165) is 23.1 Å². The van der Waals surface area contributed by atoms with Crippen LogP contribution in [-0.4, -0.2) is 31.0 Å². The molecule has 2 heterocycles. The molecule has 7 nitrogen and oxygen atoms in total. The summed E-state index contributed by atoms with van der Waals surface area (Å²) in [6.45, 7) is 0. The summed E-state index contributed by atoms with van der Waals surface area (Å²) in [5.74, 6) is -0.741. The van der Waals surface area contributed by atoms with E-state index in [9.17, 15) is 13.6 Å². The highest BCUT2D eigenvalue weighted by Gasteiger charge is 2.51. The van der Waals surface area contributed by atoms with E-state index in [4.69, 9.17) is 32.8 Å². The monoisotopic (exact) mass is 490 g/mol. The van der Waals surface area contributed by atoms with Gasteiger partial charge in [0.05, 0.1) is 16.7 Å². The van der Waals surface area contributed by atoms with E-state index in [-0.39, 0.29) is 22.8 Å². The van der Waals surface area contributed by atoms with Crippen LogP contribution in [0.15, 0.2) is 53.1 Å². The lowest BCUT2D eigenvalue weighted by Gasteiger charge is -2.13. The molecule has 11 heteroatoms. The number of aromatic nitrogens is 4. The van der Waals surface area contributed by atoms with Crippen molar-refractivity contribution in [2.24, 2.45) is 0 Å². The molecule has 4 aromatic rings. The van der Waals surface area contributed by atoms with Crippen molar-refractivity contribution < 1.29 is 23.2 Å². The lowest BCUT2D eigenvalue weighted by atomic mass is 9.95. The molecule has 1 aliphatic carbocycles. The predicted octanol–water partition coefficient (Wildman–Crippen LogP) is 5.94. The van der Waals surface area contributed by atoms with E-state index in [2.05, 4.69) is 15.2 Å². The fraction of sp³-hybridized carbons (Fsp3) is 0.182. The second kappa shape index (κ2) is 7.93. The lowest BCUT2D eigenvalue weighted by molar-refractivity contribution is 0.0697. The van der Waals surface area contributed by atoms with Crippen LogP contribution in [0.25, 0.3) is 17.3 Å². The van der Waals surface area contributed by atoms with Crippen molar-refractivity contribution in [1.29, 1.82) is 0 Å². The van der Waals surface area contributed by atoms with Gasteiger partial charge >= 0.3 is 5.97 Å². The highest BCUT2D eigenvalue weighted by molar-refractivity contribution is 6.35. The molecule has 0 saturated heterocycles. The molecule has 1 N–H and O–H groups in total. The van der Waals surface area contributed by atoms with Crippen molar-refractivity contribution in [3.05, 3.63) is 81.2 Å². The second-order valence-electron chi connectivity index (χ2n) is 7.65. The van der Waals surface area contributed by atoms with Gasteiger partial charge in [0.2, 0.25) is 0 Å². The van der Waals surface area contributed by atoms with Gasteiger partial charge in [0.25, 0.3) is 12.3 Å². The molecule has 5 rings (SSSR count). The van der Waals surface area contributed by atoms with Gasteiger partial charge in [0, 0.05) is 10.0 Å². The zero-order chi connectivity index (χ0) is 23.3. The molecule has 0 radical (unpaired) electrons. The number of carboxylic acids is 1. The third-order valence-electron chi connectivity index (χ3n) is 5.59. The quantitative estimate of drug-likeness (QED) is 0.359. The van der Waals surface area contributed by atoms with E-state index >= 15 is 0 Å². The molecule has 0 bridgehead atoms. The van der Waals surface area contributed by atoms with Crippen molar-refractivity contribution in [2.45, 2.75) is 24.7 Å². The fourth-order valence-corrected chi connectivity index (χ4v) is 4.33. The summed E-state index contributed by atoms with van der Waals surface area (Å²) in [5.41, 5.74) is 0.275. The van der Waals surface area contributed by atoms with Crippen molar-refractivity contribution in [3.8, 4) is 17.3 Å². The van der Waals surface area contributed by atoms with Crippen LogP contribution in [0.5, 0.6) is 0 Å². The average molecular weight is 491 g/mol. The molecule has 0 spiro atoms. The van der Waals surface area contributed by atoms with Crippen LogP contribution in [0.4, 0.5) is 8.78 Å². The normalized spacial score (nSPS) is 14.6. The molecule has 1 fully saturated rings. The van der Waals surface area contributed by atoms with Gasteiger partial charge in [0.15, 0.2) is 11.5 Å². The molecule has 168 valence electrons. The van der Waals surface area contributed by atoms with Crippen LogP contribution >= 0.6 is 23.2 Å². The van der Waals surface area contributed by atoms with Gasteiger partial charge in [-0.3, -0.25) is 0 Å². The number of alkyl halides is 2. The van der Waals surface area contributed by atoms with Crippen molar-refractivity contribution >= 4 is 29.2 Å². The van der Waals surface area contributed by atoms with E-state index < -0.39 is 23.5 Å². The van der Waals surface area contributed by atoms with E-state index in [1.807, 2.05) is 6.07 Å². The fourth-order valence-electron chi connectivity index (χ4n) is 3.75. The Morgan fingerprint density at radius 1 is 1.12 bits per heavy atom. The molecule has 2 aromatic carbocycles. The van der Waals surface area contributed by atoms with Crippen LogP contribution in [0, 0.1) is 0 Å². The molecule has 33 heavy (non-hydrogen) atoms. The number of carbonyl (C=O) groups is 1. The Balaban J connectivity index is 1.51. The van der Waals surface area contributed by atoms with Crippen molar-refractivity contribution in [3.63, 3.8) is 0 Å². The number of aromatic carboxylic acids is 1. The Hall–Kier alpha value is -3.30. The zero-order valence-corrected chi connectivity index (χ0v) is 18.2. The summed E-state index contributed by atoms with van der Waals surface area (Å²) in [5, 5.41) is 18.3. The maximum absolute atomic E-state index is 13.7. The zero-order valence-electron chi connectivity index (χ0n) is 16.7. The number of hydrogen-bond acceptors (Lipinski definition) is 5. The predicted molar refractivity (Wildman–Crippen MR) is 115 cm³/mol. The molecule has 2 aromatic heterocycles. The minimum atomic E-state index is -2.84. The first kappa shape index (κ1) is 21.5. The van der Waals surface area contributed by atoms with Gasteiger partial charge < -0.3 is 9.63 Å². The standard InChI is InChI=1S/C22H14Cl2F2N4O3/c23-12-3-6-14(15(24)9-12)22(7-8-22)21-27-19(33-29-21)16-10-17(18(25)26)30(28-16)13-4-1-11(2-5-13)20(31)32/h1-6,9-10,18H,7-8H2,(H,31,32). The van der Waals surface area contributed by atoms with Gasteiger partial charge in [-0.1, -0.05) is 34.4 Å². The Morgan fingerprint density at radius 2 is 1.85 bits per heavy atom. The van der Waals surface area contributed by atoms with Crippen LogP contribution < -0.4 is 0 Å². The Morgan fingerprint density at radius 3 is 2.45 bits per heavy atom. The summed E-state index contributed by atoms with van der Waals surface area (Å²) in [6, 6.07) is 11.8. The molecule has 1 saturated carbocycles. The number of carboxylic acid groups (broad SMARTS) is 1. The third kappa shape index (κ3) is 3.77. The highest BCUT2D eigenvalue weighted by atomic mass is 35.5. The molecule has 0 aliphatic heterocycles. The van der Waals surface area contributed by atoms with Crippen molar-refractivity contribution in [1.82, 2.24) is 19.9 Å². The number of halogens is 4. The lowest BCUT2D eigenvalue weighted by Crippen LogP contribution is -2.11. The first-order valence-electron chi connectivity index (χ1n) is 9.80. The van der Waals surface area contributed by atoms with Gasteiger partial charge in [-0.15, -0.1) is 0 Å². The largest absolute Gasteiger partial charge is 0.478 e. The Labute approximate surface area is 195 Å². The van der Waals surface area contributed by atoms with Gasteiger partial charge in [-0.25, -0.2) is 18.3 Å². The number of benzene rings is 2. The van der Waals surface area contributed by atoms with Crippen molar-refractivity contribution in [2.75, 3.05) is 0 Å². The molecule has 0 atom stereocenters. The highest BCUT2D eigenvalue weighted by Crippen LogP contribution is 2.54. The summed E-state index contributed by atoms with van der Waals surface area (Å²) in [7, 11) is 0. The average Bonchev–Trinajstić information content (AvgIpc) is 3.22. The topological polar surface area (TPSA) is 94.0 Å². The Kier molecular flexibility index (Phi) is 5.18. The van der Waals surface area contributed by atoms with E-state index in [1.165, 1.54) is 30.3 Å². The first-order valence-corrected chi connectivity index (χ1v) is 10.6. The van der Waals surface area contributed by atoms with Crippen LogP contribution in [0.3, 0.4) is 0 Å². The SMILES string of the molecule is O=C(O)c1ccc(-n2nc(-c3nc(C4(c5ccc(Cl)cc5Cl)CC4)no3)cc2C(F)F)cc1. The summed E-state index contributed by atoms with van der Waals surface area (Å²) in [6.07, 6.45) is -1.34. The number of nitrogens with zero attached hydrogens (tertiary/aromatic N) is 4. The van der Waals surface area contributed by atoms with E-state index in [0.29, 0.717) is 15.9 Å². The number of hydrogen-bond donors (Lipinski definition) is 1. The minimum absolute atomic E-state index is 0.0100. The maximum Gasteiger partial charge on any atom is 0.335 e. The summed E-state index contributed by atoms with van der Waals surface area (Å²) >= 11 is 12.4. The third-order valence-corrected chi connectivity index (χ3v) is 6.14. The minimum Gasteiger partial charge on any atom is -0.478 e. The molecule has 0 unspecified atom stereocenters. The Bertz CT molecular complexity index is 1360. The van der Waals surface area contributed by atoms with E-state index in [1.54, 1.807) is 12.1 Å². The summed E-state index contributed by atoms with van der Waals surface area (Å²) in [4.78, 5) is 15.5. The maximum atomic E-state index is 13.7. The molecular weight excluding hydrogens is 477 g/mol. The smallest absolute Gasteiger partial charge is 0.335 e. The van der Waals surface area contributed by atoms with Crippen LogP contribution in [-0.2, 0) is 5.41 Å². The summed E-state index contributed by atoms with van der Waals surface area (Å²) < 4.78 is 33.8. The van der Waals surface area contributed by atoms with Gasteiger partial charge in [0.1, 0.15) is 5.69 Å². The molecule has 1 aliphatic rings. The van der Waals surface area contributed by atoms with Crippen LogP contribution in [0.1, 0.15) is 46.7 Å². The number of rotatable bonds is 6. The molecular formula is C22H14Cl2F2N4O3. The molecule has 0 amide bonds. The van der Waals surface area contributed by atoms with Gasteiger partial charge in [-0.05, 0) is 60.9 Å². The second-order valence-corrected chi connectivity index (χ2v) is 8.49.